The van der Waals surface area contributed by atoms with Crippen LogP contribution < -0.4 is 5.32 Å². The molecule has 0 spiro atoms. The average Bonchev–Trinajstić information content (AvgIpc) is 3.28. The number of amides is 1. The molecule has 0 atom stereocenters. The van der Waals surface area contributed by atoms with Gasteiger partial charge in [-0.05, 0) is 23.6 Å². The topological polar surface area (TPSA) is 68.3 Å². The second-order valence-corrected chi connectivity index (χ2v) is 6.91. The minimum absolute atomic E-state index is 0.0940. The van der Waals surface area contributed by atoms with Gasteiger partial charge in [0.25, 0.3) is 5.91 Å². The molecule has 1 aromatic carbocycles. The number of halogens is 2. The number of nitrogens with zero attached hydrogens (tertiary/aromatic N) is 1. The number of carbonyl (C=O) groups is 2. The molecular weight excluding hydrogens is 382 g/mol. The quantitative estimate of drug-likeness (QED) is 0.645. The molecule has 3 aromatic rings. The van der Waals surface area contributed by atoms with Crippen molar-refractivity contribution >= 4 is 40.2 Å². The van der Waals surface area contributed by atoms with E-state index in [1.807, 2.05) is 22.8 Å². The number of rotatable bonds is 6. The smallest absolute Gasteiger partial charge is 0.312 e. The molecule has 26 heavy (non-hydrogen) atoms. The van der Waals surface area contributed by atoms with Gasteiger partial charge in [0.15, 0.2) is 6.61 Å². The Morgan fingerprint density at radius 2 is 1.88 bits per heavy atom. The van der Waals surface area contributed by atoms with Crippen LogP contribution in [0.15, 0.2) is 41.1 Å². The Morgan fingerprint density at radius 1 is 1.12 bits per heavy atom. The van der Waals surface area contributed by atoms with E-state index in [4.69, 9.17) is 4.74 Å². The van der Waals surface area contributed by atoms with Gasteiger partial charge in [-0.3, -0.25) is 9.59 Å². The van der Waals surface area contributed by atoms with Crippen LogP contribution in [0.3, 0.4) is 0 Å². The average molecular weight is 394 g/mol. The fraction of sp³-hybridized carbons (Fsp3) is 0.118. The second kappa shape index (κ2) is 8.15. The molecule has 1 amide bonds. The molecule has 0 aliphatic rings. The van der Waals surface area contributed by atoms with E-state index in [1.54, 1.807) is 16.7 Å². The van der Waals surface area contributed by atoms with E-state index in [9.17, 15) is 18.4 Å². The van der Waals surface area contributed by atoms with Crippen LogP contribution in [0.5, 0.6) is 0 Å². The van der Waals surface area contributed by atoms with Crippen molar-refractivity contribution in [3.63, 3.8) is 0 Å². The van der Waals surface area contributed by atoms with Crippen molar-refractivity contribution in [2.75, 3.05) is 11.9 Å². The Morgan fingerprint density at radius 3 is 2.58 bits per heavy atom. The Balaban J connectivity index is 1.50. The second-order valence-electron chi connectivity index (χ2n) is 5.10. The SMILES string of the molecule is O=C(COC(=O)Cc1csc(-c2cccs2)n1)Nc1c(F)cccc1F. The lowest BCUT2D eigenvalue weighted by Gasteiger charge is -2.07. The zero-order valence-corrected chi connectivity index (χ0v) is 14.8. The first-order valence-electron chi connectivity index (χ1n) is 7.40. The summed E-state index contributed by atoms with van der Waals surface area (Å²) < 4.78 is 31.7. The molecule has 0 saturated carbocycles. The zero-order valence-electron chi connectivity index (χ0n) is 13.2. The number of anilines is 1. The van der Waals surface area contributed by atoms with Gasteiger partial charge in [-0.2, -0.15) is 0 Å². The molecule has 0 fully saturated rings. The summed E-state index contributed by atoms with van der Waals surface area (Å²) in [5.74, 6) is -3.31. The largest absolute Gasteiger partial charge is 0.455 e. The highest BCUT2D eigenvalue weighted by atomic mass is 32.1. The summed E-state index contributed by atoms with van der Waals surface area (Å²) >= 11 is 2.95. The van der Waals surface area contributed by atoms with Crippen molar-refractivity contribution in [2.24, 2.45) is 0 Å². The molecule has 0 aliphatic carbocycles. The number of benzene rings is 1. The molecule has 0 unspecified atom stereocenters. The number of thiophene rings is 1. The standard InChI is InChI=1S/C17H12F2N2O3S2/c18-11-3-1-4-12(19)16(11)21-14(22)8-24-15(23)7-10-9-26-17(20-10)13-5-2-6-25-13/h1-6,9H,7-8H2,(H,21,22). The molecule has 0 saturated heterocycles. The van der Waals surface area contributed by atoms with E-state index in [0.29, 0.717) is 5.69 Å². The monoisotopic (exact) mass is 394 g/mol. The molecule has 0 bridgehead atoms. The van der Waals surface area contributed by atoms with Gasteiger partial charge in [-0.15, -0.1) is 22.7 Å². The van der Waals surface area contributed by atoms with Crippen LogP contribution in [0.2, 0.25) is 0 Å². The minimum atomic E-state index is -0.909. The van der Waals surface area contributed by atoms with Crippen molar-refractivity contribution < 1.29 is 23.1 Å². The van der Waals surface area contributed by atoms with Gasteiger partial charge in [-0.25, -0.2) is 13.8 Å². The number of carbonyl (C=O) groups excluding carboxylic acids is 2. The highest BCUT2D eigenvalue weighted by molar-refractivity contribution is 7.20. The van der Waals surface area contributed by atoms with Crippen LogP contribution in [0.1, 0.15) is 5.69 Å². The third-order valence-corrected chi connectivity index (χ3v) is 5.13. The fourth-order valence-electron chi connectivity index (χ4n) is 2.04. The van der Waals surface area contributed by atoms with Crippen molar-refractivity contribution in [2.45, 2.75) is 6.42 Å². The van der Waals surface area contributed by atoms with Gasteiger partial charge in [0, 0.05) is 5.38 Å². The maximum Gasteiger partial charge on any atom is 0.312 e. The Labute approximate surface area is 155 Å². The number of esters is 1. The molecule has 0 radical (unpaired) electrons. The first kappa shape index (κ1) is 18.2. The van der Waals surface area contributed by atoms with Crippen LogP contribution in [0.25, 0.3) is 9.88 Å². The maximum absolute atomic E-state index is 13.4. The molecule has 0 aliphatic heterocycles. The Bertz CT molecular complexity index is 906. The molecule has 2 heterocycles. The first-order chi connectivity index (χ1) is 12.5. The van der Waals surface area contributed by atoms with E-state index in [2.05, 4.69) is 4.98 Å². The summed E-state index contributed by atoms with van der Waals surface area (Å²) in [6.07, 6.45) is -0.0940. The Hall–Kier alpha value is -2.65. The van der Waals surface area contributed by atoms with Gasteiger partial charge < -0.3 is 10.1 Å². The predicted molar refractivity (Wildman–Crippen MR) is 95.1 cm³/mol. The fourth-order valence-corrected chi connectivity index (χ4v) is 3.67. The number of ether oxygens (including phenoxy) is 1. The van der Waals surface area contributed by atoms with Gasteiger partial charge in [-0.1, -0.05) is 12.1 Å². The lowest BCUT2D eigenvalue weighted by Crippen LogP contribution is -2.22. The van der Waals surface area contributed by atoms with Gasteiger partial charge in [0.05, 0.1) is 17.0 Å². The summed E-state index contributed by atoms with van der Waals surface area (Å²) in [6, 6.07) is 7.04. The zero-order chi connectivity index (χ0) is 18.5. The third kappa shape index (κ3) is 4.50. The maximum atomic E-state index is 13.4. The van der Waals surface area contributed by atoms with Crippen LogP contribution in [-0.4, -0.2) is 23.5 Å². The number of hydrogen-bond acceptors (Lipinski definition) is 6. The van der Waals surface area contributed by atoms with Gasteiger partial charge in [0.1, 0.15) is 22.3 Å². The molecule has 2 aromatic heterocycles. The molecular formula is C17H12F2N2O3S2. The predicted octanol–water partition coefficient (Wildman–Crippen LogP) is 3.87. The van der Waals surface area contributed by atoms with Gasteiger partial charge >= 0.3 is 5.97 Å². The number of nitrogens with one attached hydrogen (secondary N) is 1. The summed E-state index contributed by atoms with van der Waals surface area (Å²) in [4.78, 5) is 28.9. The first-order valence-corrected chi connectivity index (χ1v) is 9.16. The van der Waals surface area contributed by atoms with E-state index < -0.39 is 35.8 Å². The third-order valence-electron chi connectivity index (χ3n) is 3.20. The lowest BCUT2D eigenvalue weighted by atomic mass is 10.3. The van der Waals surface area contributed by atoms with Gasteiger partial charge in [0.2, 0.25) is 0 Å². The molecule has 134 valence electrons. The van der Waals surface area contributed by atoms with Crippen LogP contribution in [0.4, 0.5) is 14.5 Å². The van der Waals surface area contributed by atoms with Crippen LogP contribution in [0, 0.1) is 11.6 Å². The molecule has 3 rings (SSSR count). The summed E-state index contributed by atoms with van der Waals surface area (Å²) in [5, 5.41) is 6.52. The number of aromatic nitrogens is 1. The van der Waals surface area contributed by atoms with E-state index in [0.717, 1.165) is 22.0 Å². The summed E-state index contributed by atoms with van der Waals surface area (Å²) in [6.45, 7) is -0.644. The van der Waals surface area contributed by atoms with E-state index in [1.165, 1.54) is 17.4 Å². The van der Waals surface area contributed by atoms with E-state index >= 15 is 0 Å². The highest BCUT2D eigenvalue weighted by Crippen LogP contribution is 2.27. The molecule has 9 heteroatoms. The number of hydrogen-bond donors (Lipinski definition) is 1. The minimum Gasteiger partial charge on any atom is -0.455 e. The van der Waals surface area contributed by atoms with Crippen molar-refractivity contribution in [1.82, 2.24) is 4.98 Å². The number of para-hydroxylation sites is 1. The summed E-state index contributed by atoms with van der Waals surface area (Å²) in [5.41, 5.74) is -0.0439. The van der Waals surface area contributed by atoms with Crippen molar-refractivity contribution in [3.05, 3.63) is 58.4 Å². The molecule has 1 N–H and O–H groups in total. The summed E-state index contributed by atoms with van der Waals surface area (Å²) in [7, 11) is 0. The lowest BCUT2D eigenvalue weighted by molar-refractivity contribution is -0.146. The molecule has 5 nitrogen and oxygen atoms in total. The number of thiazole rings is 1. The van der Waals surface area contributed by atoms with Crippen LogP contribution in [-0.2, 0) is 20.7 Å². The van der Waals surface area contributed by atoms with Crippen LogP contribution >= 0.6 is 22.7 Å². The normalized spacial score (nSPS) is 10.5. The Kier molecular flexibility index (Phi) is 5.69. The highest BCUT2D eigenvalue weighted by Gasteiger charge is 2.15. The van der Waals surface area contributed by atoms with Crippen molar-refractivity contribution in [3.8, 4) is 9.88 Å². The van der Waals surface area contributed by atoms with Crippen molar-refractivity contribution in [1.29, 1.82) is 0 Å². The van der Waals surface area contributed by atoms with E-state index in [-0.39, 0.29) is 6.42 Å².